The highest BCUT2D eigenvalue weighted by Gasteiger charge is 2.28. The molecule has 7 nitrogen and oxygen atoms in total. The third-order valence-corrected chi connectivity index (χ3v) is 4.27. The molecule has 2 aromatic rings. The van der Waals surface area contributed by atoms with Crippen molar-refractivity contribution in [2.45, 2.75) is 25.9 Å². The second-order valence-electron chi connectivity index (χ2n) is 6.10. The predicted octanol–water partition coefficient (Wildman–Crippen LogP) is 3.71. The molecule has 0 aromatic heterocycles. The standard InChI is InChI=1S/C20H18N2O5/c1-2-13-6-3-4-9-17(13)21-20(24)19-12-16(23)11-18(27-19)14-7-5-8-15(10-14)22(25)26/h3-10,12,18H,2,11H2,1H3,(H,21,24)/t18-/m1/s1. The number of rotatable bonds is 5. The molecular formula is C20H18N2O5. The van der Waals surface area contributed by atoms with Crippen LogP contribution in [0.4, 0.5) is 11.4 Å². The number of anilines is 1. The molecular weight excluding hydrogens is 348 g/mol. The number of nitro benzene ring substituents is 1. The highest BCUT2D eigenvalue weighted by Crippen LogP contribution is 2.31. The molecule has 0 saturated heterocycles. The Balaban J connectivity index is 1.80. The molecule has 2 aromatic carbocycles. The van der Waals surface area contributed by atoms with Gasteiger partial charge in [0.05, 0.1) is 11.3 Å². The molecule has 1 amide bonds. The number of non-ortho nitro benzene ring substituents is 1. The van der Waals surface area contributed by atoms with Gasteiger partial charge >= 0.3 is 0 Å². The number of nitrogens with zero attached hydrogens (tertiary/aromatic N) is 1. The van der Waals surface area contributed by atoms with Gasteiger partial charge in [-0.15, -0.1) is 0 Å². The van der Waals surface area contributed by atoms with Gasteiger partial charge in [-0.25, -0.2) is 0 Å². The first kappa shape index (κ1) is 18.3. The van der Waals surface area contributed by atoms with Crippen molar-refractivity contribution in [1.29, 1.82) is 0 Å². The lowest BCUT2D eigenvalue weighted by molar-refractivity contribution is -0.385. The van der Waals surface area contributed by atoms with E-state index in [2.05, 4.69) is 5.32 Å². The van der Waals surface area contributed by atoms with Gasteiger partial charge in [0.25, 0.3) is 11.6 Å². The second kappa shape index (κ2) is 7.82. The lowest BCUT2D eigenvalue weighted by Crippen LogP contribution is -2.24. The molecule has 1 aliphatic heterocycles. The Morgan fingerprint density at radius 2 is 2.04 bits per heavy atom. The van der Waals surface area contributed by atoms with Crippen molar-refractivity contribution in [2.24, 2.45) is 0 Å². The molecule has 1 atom stereocenters. The largest absolute Gasteiger partial charge is 0.479 e. The molecule has 0 unspecified atom stereocenters. The Morgan fingerprint density at radius 1 is 1.26 bits per heavy atom. The molecule has 7 heteroatoms. The Labute approximate surface area is 155 Å². The van der Waals surface area contributed by atoms with Gasteiger partial charge in [-0.05, 0) is 23.6 Å². The minimum atomic E-state index is -0.746. The highest BCUT2D eigenvalue weighted by molar-refractivity contribution is 6.07. The number of nitro groups is 1. The summed E-state index contributed by atoms with van der Waals surface area (Å²) in [4.78, 5) is 35.1. The number of ether oxygens (including phenoxy) is 1. The molecule has 3 rings (SSSR count). The number of carbonyl (C=O) groups excluding carboxylic acids is 2. The Bertz CT molecular complexity index is 935. The van der Waals surface area contributed by atoms with Crippen LogP contribution in [0, 0.1) is 10.1 Å². The number of hydrogen-bond donors (Lipinski definition) is 1. The maximum absolute atomic E-state index is 12.6. The number of ketones is 1. The highest BCUT2D eigenvalue weighted by atomic mass is 16.6. The number of aryl methyl sites for hydroxylation is 1. The van der Waals surface area contributed by atoms with Gasteiger partial charge in [-0.3, -0.25) is 19.7 Å². The average Bonchev–Trinajstić information content (AvgIpc) is 2.68. The van der Waals surface area contributed by atoms with E-state index in [0.29, 0.717) is 11.3 Å². The molecule has 0 bridgehead atoms. The number of benzene rings is 2. The van der Waals surface area contributed by atoms with Crippen molar-refractivity contribution in [1.82, 2.24) is 0 Å². The zero-order valence-electron chi connectivity index (χ0n) is 14.7. The van der Waals surface area contributed by atoms with Crippen LogP contribution in [0.1, 0.15) is 30.6 Å². The van der Waals surface area contributed by atoms with Gasteiger partial charge in [0.15, 0.2) is 11.5 Å². The number of nitrogens with one attached hydrogen (secondary N) is 1. The van der Waals surface area contributed by atoms with Crippen LogP contribution in [-0.2, 0) is 20.7 Å². The SMILES string of the molecule is CCc1ccccc1NC(=O)C1=CC(=O)C[C@H](c2cccc([N+](=O)[O-])c2)O1. The molecule has 0 saturated carbocycles. The summed E-state index contributed by atoms with van der Waals surface area (Å²) in [6.45, 7) is 1.98. The first-order valence-electron chi connectivity index (χ1n) is 8.52. The summed E-state index contributed by atoms with van der Waals surface area (Å²) < 4.78 is 5.69. The summed E-state index contributed by atoms with van der Waals surface area (Å²) in [7, 11) is 0. The van der Waals surface area contributed by atoms with Crippen molar-refractivity contribution in [2.75, 3.05) is 5.32 Å². The Kier molecular flexibility index (Phi) is 5.30. The minimum absolute atomic E-state index is 0.0174. The van der Waals surface area contributed by atoms with Crippen molar-refractivity contribution in [3.05, 3.63) is 81.6 Å². The maximum Gasteiger partial charge on any atom is 0.290 e. The summed E-state index contributed by atoms with van der Waals surface area (Å²) in [5.74, 6) is -0.903. The molecule has 1 aliphatic rings. The van der Waals surface area contributed by atoms with Crippen molar-refractivity contribution in [3.63, 3.8) is 0 Å². The number of para-hydroxylation sites is 1. The van der Waals surface area contributed by atoms with Crippen LogP contribution in [0.15, 0.2) is 60.4 Å². The number of hydrogen-bond acceptors (Lipinski definition) is 5. The van der Waals surface area contributed by atoms with Crippen molar-refractivity contribution >= 4 is 23.1 Å². The monoisotopic (exact) mass is 366 g/mol. The van der Waals surface area contributed by atoms with Crippen LogP contribution >= 0.6 is 0 Å². The van der Waals surface area contributed by atoms with Crippen LogP contribution in [0.25, 0.3) is 0 Å². The quantitative estimate of drug-likeness (QED) is 0.642. The zero-order chi connectivity index (χ0) is 19.4. The summed E-state index contributed by atoms with van der Waals surface area (Å²) >= 11 is 0. The normalized spacial score (nSPS) is 16.3. The molecule has 0 aliphatic carbocycles. The summed E-state index contributed by atoms with van der Waals surface area (Å²) in [5, 5.41) is 13.7. The van der Waals surface area contributed by atoms with Crippen LogP contribution in [0.2, 0.25) is 0 Å². The van der Waals surface area contributed by atoms with Gasteiger partial charge in [-0.2, -0.15) is 0 Å². The van der Waals surface area contributed by atoms with Gasteiger partial charge in [0.1, 0.15) is 6.10 Å². The third kappa shape index (κ3) is 4.20. The van der Waals surface area contributed by atoms with E-state index in [4.69, 9.17) is 4.74 Å². The first-order chi connectivity index (χ1) is 13.0. The Hall–Kier alpha value is -3.48. The number of amides is 1. The molecule has 138 valence electrons. The maximum atomic E-state index is 12.6. The molecule has 1 N–H and O–H groups in total. The fourth-order valence-electron chi connectivity index (χ4n) is 2.89. The van der Waals surface area contributed by atoms with E-state index in [1.54, 1.807) is 12.1 Å². The van der Waals surface area contributed by atoms with E-state index in [9.17, 15) is 19.7 Å². The van der Waals surface area contributed by atoms with E-state index in [1.165, 1.54) is 18.2 Å². The van der Waals surface area contributed by atoms with Crippen molar-refractivity contribution < 1.29 is 19.2 Å². The first-order valence-corrected chi connectivity index (χ1v) is 8.52. The van der Waals surface area contributed by atoms with Gasteiger partial charge in [0, 0.05) is 23.9 Å². The molecule has 27 heavy (non-hydrogen) atoms. The van der Waals surface area contributed by atoms with Crippen LogP contribution < -0.4 is 5.32 Å². The number of allylic oxidation sites excluding steroid dienone is 1. The van der Waals surface area contributed by atoms with E-state index in [-0.39, 0.29) is 23.7 Å². The predicted molar refractivity (Wildman–Crippen MR) is 99.1 cm³/mol. The third-order valence-electron chi connectivity index (χ3n) is 4.27. The van der Waals surface area contributed by atoms with Crippen LogP contribution in [-0.4, -0.2) is 16.6 Å². The average molecular weight is 366 g/mol. The molecule has 0 fully saturated rings. The van der Waals surface area contributed by atoms with E-state index in [1.807, 2.05) is 25.1 Å². The fourth-order valence-corrected chi connectivity index (χ4v) is 2.89. The number of carbonyl (C=O) groups is 2. The lowest BCUT2D eigenvalue weighted by atomic mass is 10.0. The van der Waals surface area contributed by atoms with Gasteiger partial charge < -0.3 is 10.1 Å². The van der Waals surface area contributed by atoms with Gasteiger partial charge in [-0.1, -0.05) is 37.3 Å². The minimum Gasteiger partial charge on any atom is -0.479 e. The fraction of sp³-hybridized carbons (Fsp3) is 0.200. The lowest BCUT2D eigenvalue weighted by Gasteiger charge is -2.24. The van der Waals surface area contributed by atoms with E-state index < -0.39 is 16.9 Å². The summed E-state index contributed by atoms with van der Waals surface area (Å²) in [6, 6.07) is 13.2. The Morgan fingerprint density at radius 3 is 2.78 bits per heavy atom. The smallest absolute Gasteiger partial charge is 0.290 e. The molecule has 1 heterocycles. The van der Waals surface area contributed by atoms with E-state index in [0.717, 1.165) is 18.1 Å². The zero-order valence-corrected chi connectivity index (χ0v) is 14.7. The molecule has 0 radical (unpaired) electrons. The summed E-state index contributed by atoms with van der Waals surface area (Å²) in [5.41, 5.74) is 1.99. The van der Waals surface area contributed by atoms with Gasteiger partial charge in [0.2, 0.25) is 0 Å². The molecule has 0 spiro atoms. The van der Waals surface area contributed by atoms with E-state index >= 15 is 0 Å². The second-order valence-corrected chi connectivity index (χ2v) is 6.10. The van der Waals surface area contributed by atoms with Crippen LogP contribution in [0.5, 0.6) is 0 Å². The topological polar surface area (TPSA) is 98.5 Å². The summed E-state index contributed by atoms with van der Waals surface area (Å²) in [6.07, 6.45) is 1.18. The van der Waals surface area contributed by atoms with Crippen LogP contribution in [0.3, 0.4) is 0 Å². The van der Waals surface area contributed by atoms with Crippen molar-refractivity contribution in [3.8, 4) is 0 Å².